The molecule has 29 heavy (non-hydrogen) atoms. The highest BCUT2D eigenvalue weighted by Gasteiger charge is 2.15. The van der Waals surface area contributed by atoms with Crippen molar-refractivity contribution in [2.45, 2.75) is 20.4 Å². The van der Waals surface area contributed by atoms with Gasteiger partial charge in [0.1, 0.15) is 23.6 Å². The molecule has 0 aliphatic rings. The lowest BCUT2D eigenvalue weighted by atomic mass is 10.1. The van der Waals surface area contributed by atoms with Gasteiger partial charge in [0, 0.05) is 10.4 Å². The Bertz CT molecular complexity index is 1380. The topological polar surface area (TPSA) is 104 Å². The standard InChI is InChI=1S/C19H15N7O2S/c1-11-12(2)29-19-16(11)18-22-17(23-25(18)10-20-19)14-5-3-13(4-6-14)8-24-9-15(7-21-24)26(27)28/h3-7,9-10H,8H2,1-2H3. The van der Waals surface area contributed by atoms with Gasteiger partial charge >= 0.3 is 5.69 Å². The second kappa shape index (κ2) is 6.45. The molecular weight excluding hydrogens is 390 g/mol. The number of thiophene rings is 1. The molecule has 10 heteroatoms. The number of nitrogens with zero attached hydrogens (tertiary/aromatic N) is 7. The lowest BCUT2D eigenvalue weighted by Gasteiger charge is -2.02. The zero-order valence-corrected chi connectivity index (χ0v) is 16.4. The van der Waals surface area contributed by atoms with Crippen molar-refractivity contribution >= 4 is 32.9 Å². The van der Waals surface area contributed by atoms with Crippen LogP contribution in [0.4, 0.5) is 5.69 Å². The molecule has 0 amide bonds. The van der Waals surface area contributed by atoms with Crippen molar-refractivity contribution in [3.63, 3.8) is 0 Å². The molecule has 0 bridgehead atoms. The monoisotopic (exact) mass is 405 g/mol. The summed E-state index contributed by atoms with van der Waals surface area (Å²) in [6.45, 7) is 4.62. The molecule has 5 aromatic rings. The lowest BCUT2D eigenvalue weighted by Crippen LogP contribution is -1.99. The van der Waals surface area contributed by atoms with Crippen molar-refractivity contribution in [2.75, 3.05) is 0 Å². The Morgan fingerprint density at radius 1 is 1.21 bits per heavy atom. The smallest absolute Gasteiger partial charge is 0.261 e. The molecule has 0 saturated carbocycles. The molecule has 0 fully saturated rings. The van der Waals surface area contributed by atoms with Crippen molar-refractivity contribution in [1.82, 2.24) is 29.4 Å². The average molecular weight is 405 g/mol. The van der Waals surface area contributed by atoms with Crippen molar-refractivity contribution in [3.8, 4) is 11.4 Å². The van der Waals surface area contributed by atoms with E-state index in [1.54, 1.807) is 26.9 Å². The molecule has 0 atom stereocenters. The molecule has 9 nitrogen and oxygen atoms in total. The van der Waals surface area contributed by atoms with Gasteiger partial charge in [-0.3, -0.25) is 14.8 Å². The minimum atomic E-state index is -0.454. The summed E-state index contributed by atoms with van der Waals surface area (Å²) in [5.41, 5.74) is 3.84. The molecule has 0 N–H and O–H groups in total. The first-order valence-corrected chi connectivity index (χ1v) is 9.68. The van der Waals surface area contributed by atoms with E-state index in [9.17, 15) is 10.1 Å². The normalized spacial score (nSPS) is 11.5. The molecule has 1 aromatic carbocycles. The van der Waals surface area contributed by atoms with Crippen LogP contribution in [0, 0.1) is 24.0 Å². The Balaban J connectivity index is 1.47. The second-order valence-electron chi connectivity index (χ2n) is 6.76. The fraction of sp³-hybridized carbons (Fsp3) is 0.158. The number of aromatic nitrogens is 6. The highest BCUT2D eigenvalue weighted by molar-refractivity contribution is 7.18. The molecule has 0 radical (unpaired) electrons. The van der Waals surface area contributed by atoms with Crippen LogP contribution in [0.2, 0.25) is 0 Å². The number of aryl methyl sites for hydroxylation is 2. The summed E-state index contributed by atoms with van der Waals surface area (Å²) in [5, 5.41) is 20.4. The minimum absolute atomic E-state index is 0.0191. The van der Waals surface area contributed by atoms with Crippen LogP contribution in [0.5, 0.6) is 0 Å². The fourth-order valence-electron chi connectivity index (χ4n) is 3.25. The fourth-order valence-corrected chi connectivity index (χ4v) is 4.24. The Morgan fingerprint density at radius 2 is 2.00 bits per heavy atom. The Labute approximate surface area is 168 Å². The predicted octanol–water partition coefficient (Wildman–Crippen LogP) is 3.78. The predicted molar refractivity (Wildman–Crippen MR) is 109 cm³/mol. The number of benzene rings is 1. The van der Waals surface area contributed by atoms with Gasteiger partial charge in [-0.25, -0.2) is 14.5 Å². The molecule has 4 heterocycles. The quantitative estimate of drug-likeness (QED) is 0.333. The maximum atomic E-state index is 10.8. The van der Waals surface area contributed by atoms with E-state index < -0.39 is 4.92 Å². The van der Waals surface area contributed by atoms with E-state index in [1.165, 1.54) is 22.8 Å². The van der Waals surface area contributed by atoms with E-state index in [0.29, 0.717) is 12.4 Å². The summed E-state index contributed by atoms with van der Waals surface area (Å²) in [6.07, 6.45) is 4.36. The first kappa shape index (κ1) is 17.4. The highest BCUT2D eigenvalue weighted by Crippen LogP contribution is 2.31. The Kier molecular flexibility index (Phi) is 3.88. The first-order valence-electron chi connectivity index (χ1n) is 8.87. The van der Waals surface area contributed by atoms with Gasteiger partial charge in [0.15, 0.2) is 11.5 Å². The summed E-state index contributed by atoms with van der Waals surface area (Å²) >= 11 is 1.66. The zero-order valence-electron chi connectivity index (χ0n) is 15.6. The van der Waals surface area contributed by atoms with E-state index >= 15 is 0 Å². The summed E-state index contributed by atoms with van der Waals surface area (Å²) in [7, 11) is 0. The number of rotatable bonds is 4. The van der Waals surface area contributed by atoms with E-state index in [1.807, 2.05) is 24.3 Å². The van der Waals surface area contributed by atoms with Crippen LogP contribution in [0.1, 0.15) is 16.0 Å². The van der Waals surface area contributed by atoms with E-state index in [0.717, 1.165) is 27.0 Å². The van der Waals surface area contributed by atoms with Crippen LogP contribution >= 0.6 is 11.3 Å². The van der Waals surface area contributed by atoms with E-state index in [2.05, 4.69) is 29.0 Å². The molecule has 0 aliphatic carbocycles. The maximum absolute atomic E-state index is 10.8. The SMILES string of the molecule is Cc1sc2ncn3nc(-c4ccc(Cn5cc([N+](=O)[O-])cn5)cc4)nc3c2c1C. The van der Waals surface area contributed by atoms with Crippen LogP contribution in [0.15, 0.2) is 43.0 Å². The minimum Gasteiger partial charge on any atom is -0.261 e. The molecule has 0 spiro atoms. The van der Waals surface area contributed by atoms with E-state index in [-0.39, 0.29) is 5.69 Å². The Morgan fingerprint density at radius 3 is 2.72 bits per heavy atom. The first-order chi connectivity index (χ1) is 14.0. The molecular formula is C19H15N7O2S. The largest absolute Gasteiger partial charge is 0.307 e. The summed E-state index contributed by atoms with van der Waals surface area (Å²) in [6, 6.07) is 7.78. The van der Waals surface area contributed by atoms with E-state index in [4.69, 9.17) is 4.98 Å². The van der Waals surface area contributed by atoms with Gasteiger partial charge < -0.3 is 0 Å². The van der Waals surface area contributed by atoms with Crippen LogP contribution < -0.4 is 0 Å². The average Bonchev–Trinajstić information content (AvgIpc) is 3.40. The van der Waals surface area contributed by atoms with Gasteiger partial charge in [-0.2, -0.15) is 5.10 Å². The third-order valence-corrected chi connectivity index (χ3v) is 6.01. The third-order valence-electron chi connectivity index (χ3n) is 4.89. The van der Waals surface area contributed by atoms with Crippen molar-refractivity contribution in [3.05, 3.63) is 69.1 Å². The molecule has 4 aromatic heterocycles. The van der Waals surface area contributed by atoms with Gasteiger partial charge in [0.25, 0.3) is 0 Å². The number of fused-ring (bicyclic) bond motifs is 3. The highest BCUT2D eigenvalue weighted by atomic mass is 32.1. The lowest BCUT2D eigenvalue weighted by molar-refractivity contribution is -0.385. The maximum Gasteiger partial charge on any atom is 0.307 e. The van der Waals surface area contributed by atoms with Crippen molar-refractivity contribution < 1.29 is 4.92 Å². The van der Waals surface area contributed by atoms with Gasteiger partial charge in [-0.1, -0.05) is 24.3 Å². The second-order valence-corrected chi connectivity index (χ2v) is 7.96. The van der Waals surface area contributed by atoms with Gasteiger partial charge in [-0.15, -0.1) is 16.4 Å². The van der Waals surface area contributed by atoms with Gasteiger partial charge in [0.2, 0.25) is 0 Å². The van der Waals surface area contributed by atoms with Crippen molar-refractivity contribution in [1.29, 1.82) is 0 Å². The van der Waals surface area contributed by atoms with Crippen LogP contribution in [-0.2, 0) is 6.54 Å². The van der Waals surface area contributed by atoms with Crippen molar-refractivity contribution in [2.24, 2.45) is 0 Å². The number of hydrogen-bond donors (Lipinski definition) is 0. The van der Waals surface area contributed by atoms with Gasteiger partial charge in [-0.05, 0) is 25.0 Å². The number of nitro groups is 1. The summed E-state index contributed by atoms with van der Waals surface area (Å²) in [4.78, 5) is 21.8. The molecule has 0 saturated heterocycles. The third kappa shape index (κ3) is 2.93. The van der Waals surface area contributed by atoms with Crippen LogP contribution in [0.3, 0.4) is 0 Å². The van der Waals surface area contributed by atoms with Gasteiger partial charge in [0.05, 0.1) is 16.9 Å². The molecule has 0 unspecified atom stereocenters. The zero-order chi connectivity index (χ0) is 20.1. The molecule has 144 valence electrons. The molecule has 5 rings (SSSR count). The molecule has 0 aliphatic heterocycles. The summed E-state index contributed by atoms with van der Waals surface area (Å²) < 4.78 is 3.26. The Hall–Kier alpha value is -3.66. The number of hydrogen-bond acceptors (Lipinski definition) is 7. The van der Waals surface area contributed by atoms with Crippen LogP contribution in [0.25, 0.3) is 27.3 Å². The summed E-state index contributed by atoms with van der Waals surface area (Å²) in [5.74, 6) is 0.629. The van der Waals surface area contributed by atoms with Crippen LogP contribution in [-0.4, -0.2) is 34.3 Å².